The molecule has 0 N–H and O–H groups in total. The molecule has 0 aromatic heterocycles. The lowest BCUT2D eigenvalue weighted by Gasteiger charge is -2.23. The molecule has 4 heteroatoms. The Bertz CT molecular complexity index is 555. The summed E-state index contributed by atoms with van der Waals surface area (Å²) in [4.78, 5) is 12.1. The Morgan fingerprint density at radius 1 is 0.913 bits per heavy atom. The predicted molar refractivity (Wildman–Crippen MR) is 88.8 cm³/mol. The fourth-order valence-electron chi connectivity index (χ4n) is 3.56. The van der Waals surface area contributed by atoms with Gasteiger partial charge in [0.1, 0.15) is 0 Å². The molecule has 126 valence electrons. The molecule has 2 aliphatic carbocycles. The molecule has 0 heterocycles. The van der Waals surface area contributed by atoms with Crippen molar-refractivity contribution in [2.75, 3.05) is 7.11 Å². The molecule has 0 radical (unpaired) electrons. The maximum atomic E-state index is 12.1. The highest BCUT2D eigenvalue weighted by molar-refractivity contribution is 5.98. The average molecular weight is 318 g/mol. The van der Waals surface area contributed by atoms with Crippen LogP contribution in [-0.2, 0) is 0 Å². The van der Waals surface area contributed by atoms with E-state index < -0.39 is 0 Å². The molecule has 2 aliphatic rings. The molecule has 23 heavy (non-hydrogen) atoms. The number of benzene rings is 1. The summed E-state index contributed by atoms with van der Waals surface area (Å²) in [7, 11) is 1.63. The highest BCUT2D eigenvalue weighted by atomic mass is 16.5. The summed E-state index contributed by atoms with van der Waals surface area (Å²) in [6.07, 6.45) is 9.30. The summed E-state index contributed by atoms with van der Waals surface area (Å²) < 4.78 is 17.9. The molecule has 0 aliphatic heterocycles. The van der Waals surface area contributed by atoms with Crippen LogP contribution < -0.4 is 14.2 Å². The SMILES string of the molecule is COc1ccc(C(C)=O)c(OC2CCCC2)c1OC1CCCC1. The van der Waals surface area contributed by atoms with Gasteiger partial charge in [0.05, 0.1) is 24.9 Å². The zero-order chi connectivity index (χ0) is 16.2. The normalized spacial score (nSPS) is 19.0. The van der Waals surface area contributed by atoms with Crippen LogP contribution in [0.25, 0.3) is 0 Å². The second-order valence-corrected chi connectivity index (χ2v) is 6.58. The van der Waals surface area contributed by atoms with E-state index in [9.17, 15) is 4.79 Å². The van der Waals surface area contributed by atoms with Gasteiger partial charge in [0.15, 0.2) is 17.3 Å². The zero-order valence-electron chi connectivity index (χ0n) is 14.1. The first kappa shape index (κ1) is 16.2. The van der Waals surface area contributed by atoms with Crippen molar-refractivity contribution in [2.24, 2.45) is 0 Å². The van der Waals surface area contributed by atoms with E-state index >= 15 is 0 Å². The van der Waals surface area contributed by atoms with E-state index in [1.165, 1.54) is 25.7 Å². The number of hydrogen-bond acceptors (Lipinski definition) is 4. The summed E-state index contributed by atoms with van der Waals surface area (Å²) in [5.74, 6) is 1.83. The van der Waals surface area contributed by atoms with Crippen LogP contribution in [-0.4, -0.2) is 25.1 Å². The van der Waals surface area contributed by atoms with Gasteiger partial charge in [-0.2, -0.15) is 0 Å². The van der Waals surface area contributed by atoms with E-state index in [4.69, 9.17) is 14.2 Å². The number of ketones is 1. The molecule has 4 nitrogen and oxygen atoms in total. The number of hydrogen-bond donors (Lipinski definition) is 0. The molecule has 1 aromatic carbocycles. The fourth-order valence-corrected chi connectivity index (χ4v) is 3.56. The van der Waals surface area contributed by atoms with E-state index in [2.05, 4.69) is 0 Å². The molecule has 0 unspecified atom stereocenters. The second-order valence-electron chi connectivity index (χ2n) is 6.58. The predicted octanol–water partition coefficient (Wildman–Crippen LogP) is 4.54. The maximum absolute atomic E-state index is 12.1. The van der Waals surface area contributed by atoms with Crippen molar-refractivity contribution >= 4 is 5.78 Å². The van der Waals surface area contributed by atoms with Crippen molar-refractivity contribution in [3.8, 4) is 17.2 Å². The zero-order valence-corrected chi connectivity index (χ0v) is 14.1. The van der Waals surface area contributed by atoms with Crippen LogP contribution >= 0.6 is 0 Å². The third-order valence-corrected chi connectivity index (χ3v) is 4.85. The third-order valence-electron chi connectivity index (χ3n) is 4.85. The Morgan fingerprint density at radius 2 is 1.43 bits per heavy atom. The van der Waals surface area contributed by atoms with E-state index in [1.54, 1.807) is 20.1 Å². The van der Waals surface area contributed by atoms with Crippen LogP contribution in [0, 0.1) is 0 Å². The Morgan fingerprint density at radius 3 is 1.91 bits per heavy atom. The number of carbonyl (C=O) groups is 1. The molecule has 3 rings (SSSR count). The lowest BCUT2D eigenvalue weighted by atomic mass is 10.1. The summed E-state index contributed by atoms with van der Waals surface area (Å²) in [6, 6.07) is 3.59. The van der Waals surface area contributed by atoms with Gasteiger partial charge in [-0.05, 0) is 70.4 Å². The van der Waals surface area contributed by atoms with Gasteiger partial charge < -0.3 is 14.2 Å². The highest BCUT2D eigenvalue weighted by Gasteiger charge is 2.27. The number of rotatable bonds is 6. The van der Waals surface area contributed by atoms with Crippen LogP contribution in [0.3, 0.4) is 0 Å². The Kier molecular flexibility index (Phi) is 5.09. The Balaban J connectivity index is 1.96. The quantitative estimate of drug-likeness (QED) is 0.722. The van der Waals surface area contributed by atoms with Crippen molar-refractivity contribution in [2.45, 2.75) is 70.5 Å². The summed E-state index contributed by atoms with van der Waals surface area (Å²) >= 11 is 0. The third kappa shape index (κ3) is 3.62. The molecule has 0 atom stereocenters. The average Bonchev–Trinajstić information content (AvgIpc) is 3.22. The Labute approximate surface area is 138 Å². The minimum absolute atomic E-state index is 0.00285. The van der Waals surface area contributed by atoms with E-state index in [0.29, 0.717) is 22.8 Å². The van der Waals surface area contributed by atoms with Crippen molar-refractivity contribution < 1.29 is 19.0 Å². The van der Waals surface area contributed by atoms with Gasteiger partial charge in [-0.3, -0.25) is 4.79 Å². The largest absolute Gasteiger partial charge is 0.493 e. The first-order valence-electron chi connectivity index (χ1n) is 8.74. The van der Waals surface area contributed by atoms with Crippen molar-refractivity contribution in [1.82, 2.24) is 0 Å². The summed E-state index contributed by atoms with van der Waals surface area (Å²) in [5.41, 5.74) is 0.589. The smallest absolute Gasteiger partial charge is 0.204 e. The van der Waals surface area contributed by atoms with Crippen LogP contribution in [0.2, 0.25) is 0 Å². The molecule has 2 fully saturated rings. The molecular formula is C19H26O4. The minimum Gasteiger partial charge on any atom is -0.493 e. The number of methoxy groups -OCH3 is 1. The van der Waals surface area contributed by atoms with Gasteiger partial charge in [0.25, 0.3) is 0 Å². The van der Waals surface area contributed by atoms with Crippen LogP contribution in [0.4, 0.5) is 0 Å². The topological polar surface area (TPSA) is 44.8 Å². The number of ether oxygens (including phenoxy) is 3. The van der Waals surface area contributed by atoms with Gasteiger partial charge >= 0.3 is 0 Å². The van der Waals surface area contributed by atoms with Crippen molar-refractivity contribution in [3.05, 3.63) is 17.7 Å². The molecule has 0 saturated heterocycles. The molecular weight excluding hydrogens is 292 g/mol. The van der Waals surface area contributed by atoms with Gasteiger partial charge in [0.2, 0.25) is 5.75 Å². The maximum Gasteiger partial charge on any atom is 0.204 e. The number of Topliss-reactive ketones (excluding diaryl/α,β-unsaturated/α-hetero) is 1. The van der Waals surface area contributed by atoms with E-state index in [1.807, 2.05) is 6.07 Å². The minimum atomic E-state index is -0.00285. The Hall–Kier alpha value is -1.71. The van der Waals surface area contributed by atoms with Gasteiger partial charge in [-0.1, -0.05) is 0 Å². The first-order chi connectivity index (χ1) is 11.2. The van der Waals surface area contributed by atoms with Crippen LogP contribution in [0.5, 0.6) is 17.2 Å². The van der Waals surface area contributed by atoms with Gasteiger partial charge in [-0.15, -0.1) is 0 Å². The van der Waals surface area contributed by atoms with Crippen LogP contribution in [0.15, 0.2) is 12.1 Å². The van der Waals surface area contributed by atoms with Gasteiger partial charge in [0, 0.05) is 0 Å². The summed E-state index contributed by atoms with van der Waals surface area (Å²) in [5, 5.41) is 0. The molecule has 0 bridgehead atoms. The molecule has 0 amide bonds. The lowest BCUT2D eigenvalue weighted by Crippen LogP contribution is -2.17. The summed E-state index contributed by atoms with van der Waals surface area (Å²) in [6.45, 7) is 1.57. The second kappa shape index (κ2) is 7.24. The van der Waals surface area contributed by atoms with E-state index in [-0.39, 0.29) is 18.0 Å². The monoisotopic (exact) mass is 318 g/mol. The fraction of sp³-hybridized carbons (Fsp3) is 0.632. The number of carbonyl (C=O) groups excluding carboxylic acids is 1. The van der Waals surface area contributed by atoms with Gasteiger partial charge in [-0.25, -0.2) is 0 Å². The highest BCUT2D eigenvalue weighted by Crippen LogP contribution is 2.44. The lowest BCUT2D eigenvalue weighted by molar-refractivity contribution is 0.100. The molecule has 0 spiro atoms. The first-order valence-corrected chi connectivity index (χ1v) is 8.74. The molecule has 1 aromatic rings. The molecule has 2 saturated carbocycles. The van der Waals surface area contributed by atoms with Crippen LogP contribution in [0.1, 0.15) is 68.6 Å². The van der Waals surface area contributed by atoms with Crippen molar-refractivity contribution in [1.29, 1.82) is 0 Å². The standard InChI is InChI=1S/C19H26O4/c1-13(20)16-11-12-17(21-2)19(23-15-9-5-6-10-15)18(16)22-14-7-3-4-8-14/h11-12,14-15H,3-10H2,1-2H3. The van der Waals surface area contributed by atoms with E-state index in [0.717, 1.165) is 25.7 Å². The van der Waals surface area contributed by atoms with Crippen molar-refractivity contribution in [3.63, 3.8) is 0 Å².